The first-order valence-electron chi connectivity index (χ1n) is 6.70. The highest BCUT2D eigenvalue weighted by molar-refractivity contribution is 5.36. The first kappa shape index (κ1) is 15.2. The molecule has 0 aliphatic rings. The van der Waals surface area contributed by atoms with Gasteiger partial charge >= 0.3 is 0 Å². The first-order valence-corrected chi connectivity index (χ1v) is 6.70. The van der Waals surface area contributed by atoms with E-state index in [0.29, 0.717) is 5.92 Å². The summed E-state index contributed by atoms with van der Waals surface area (Å²) in [6.45, 7) is 10.8. The zero-order valence-corrected chi connectivity index (χ0v) is 12.9. The molecule has 0 amide bonds. The van der Waals surface area contributed by atoms with Crippen molar-refractivity contribution in [3.8, 4) is 0 Å². The number of nitrogens with two attached hydrogens (primary N) is 1. The van der Waals surface area contributed by atoms with E-state index < -0.39 is 0 Å². The van der Waals surface area contributed by atoms with Crippen LogP contribution in [0.2, 0.25) is 0 Å². The highest BCUT2D eigenvalue weighted by atomic mass is 15.1. The standard InChI is InChI=1S/C16H28N2/c1-11(2)13-9-8-12(3)14(10-13)15(18(6)7)16(4,5)17/h8-11,15H,17H2,1-7H3. The van der Waals surface area contributed by atoms with Crippen molar-refractivity contribution >= 4 is 0 Å². The fraction of sp³-hybridized carbons (Fsp3) is 0.625. The predicted octanol–water partition coefficient (Wildman–Crippen LogP) is 3.46. The summed E-state index contributed by atoms with van der Waals surface area (Å²) in [5.74, 6) is 0.549. The van der Waals surface area contributed by atoms with E-state index in [1.807, 2.05) is 0 Å². The minimum Gasteiger partial charge on any atom is -0.324 e. The third-order valence-electron chi connectivity index (χ3n) is 3.49. The number of rotatable bonds is 4. The Balaban J connectivity index is 3.32. The maximum atomic E-state index is 6.37. The van der Waals surface area contributed by atoms with Gasteiger partial charge in [0.25, 0.3) is 0 Å². The lowest BCUT2D eigenvalue weighted by atomic mass is 9.84. The summed E-state index contributed by atoms with van der Waals surface area (Å²) in [5.41, 5.74) is 10.1. The number of aryl methyl sites for hydroxylation is 1. The summed E-state index contributed by atoms with van der Waals surface area (Å²) in [6, 6.07) is 6.99. The van der Waals surface area contributed by atoms with Gasteiger partial charge in [0.1, 0.15) is 0 Å². The molecule has 0 spiro atoms. The smallest absolute Gasteiger partial charge is 0.0520 e. The Kier molecular flexibility index (Phi) is 4.57. The molecule has 1 atom stereocenters. The molecular weight excluding hydrogens is 220 g/mol. The zero-order chi connectivity index (χ0) is 14.1. The van der Waals surface area contributed by atoms with Crippen molar-refractivity contribution in [1.82, 2.24) is 4.90 Å². The van der Waals surface area contributed by atoms with Crippen molar-refractivity contribution in [3.05, 3.63) is 34.9 Å². The monoisotopic (exact) mass is 248 g/mol. The van der Waals surface area contributed by atoms with Crippen LogP contribution in [0.4, 0.5) is 0 Å². The molecule has 1 aromatic rings. The number of likely N-dealkylation sites (N-methyl/N-ethyl adjacent to an activating group) is 1. The second-order valence-corrected chi connectivity index (χ2v) is 6.46. The van der Waals surface area contributed by atoms with E-state index in [2.05, 4.69) is 71.8 Å². The highest BCUT2D eigenvalue weighted by Gasteiger charge is 2.30. The Hall–Kier alpha value is -0.860. The fourth-order valence-electron chi connectivity index (χ4n) is 2.66. The summed E-state index contributed by atoms with van der Waals surface area (Å²) in [5, 5.41) is 0. The third-order valence-corrected chi connectivity index (χ3v) is 3.49. The molecule has 0 saturated heterocycles. The van der Waals surface area contributed by atoms with Crippen molar-refractivity contribution in [1.29, 1.82) is 0 Å². The molecule has 1 unspecified atom stereocenters. The molecule has 2 heteroatoms. The van der Waals surface area contributed by atoms with Crippen LogP contribution in [0.1, 0.15) is 56.3 Å². The van der Waals surface area contributed by atoms with Gasteiger partial charge in [-0.1, -0.05) is 32.0 Å². The van der Waals surface area contributed by atoms with Crippen LogP contribution in [0.15, 0.2) is 18.2 Å². The summed E-state index contributed by atoms with van der Waals surface area (Å²) >= 11 is 0. The summed E-state index contributed by atoms with van der Waals surface area (Å²) in [6.07, 6.45) is 0. The Morgan fingerprint density at radius 2 is 1.72 bits per heavy atom. The van der Waals surface area contributed by atoms with Gasteiger partial charge < -0.3 is 10.6 Å². The summed E-state index contributed by atoms with van der Waals surface area (Å²) < 4.78 is 0. The Morgan fingerprint density at radius 3 is 2.11 bits per heavy atom. The van der Waals surface area contributed by atoms with E-state index in [0.717, 1.165) is 0 Å². The van der Waals surface area contributed by atoms with E-state index in [9.17, 15) is 0 Å². The number of benzene rings is 1. The molecule has 1 aromatic carbocycles. The molecule has 1 rings (SSSR count). The van der Waals surface area contributed by atoms with E-state index in [1.54, 1.807) is 0 Å². The Labute approximate surface area is 112 Å². The average Bonchev–Trinajstić information content (AvgIpc) is 2.18. The van der Waals surface area contributed by atoms with Crippen LogP contribution in [0.25, 0.3) is 0 Å². The fourth-order valence-corrected chi connectivity index (χ4v) is 2.66. The molecule has 0 bridgehead atoms. The molecule has 0 aliphatic heterocycles. The molecule has 0 aromatic heterocycles. The van der Waals surface area contributed by atoms with Gasteiger partial charge in [-0.3, -0.25) is 0 Å². The van der Waals surface area contributed by atoms with Crippen LogP contribution >= 0.6 is 0 Å². The van der Waals surface area contributed by atoms with Crippen LogP contribution in [0, 0.1) is 6.92 Å². The van der Waals surface area contributed by atoms with Crippen LogP contribution < -0.4 is 5.73 Å². The van der Waals surface area contributed by atoms with Crippen LogP contribution in [0.3, 0.4) is 0 Å². The van der Waals surface area contributed by atoms with Gasteiger partial charge in [0.05, 0.1) is 6.04 Å². The van der Waals surface area contributed by atoms with Gasteiger partial charge in [0.2, 0.25) is 0 Å². The lowest BCUT2D eigenvalue weighted by Gasteiger charge is -2.37. The van der Waals surface area contributed by atoms with Crippen molar-refractivity contribution < 1.29 is 0 Å². The Bertz CT molecular complexity index is 400. The first-order chi connectivity index (χ1) is 8.14. The van der Waals surface area contributed by atoms with E-state index in [-0.39, 0.29) is 11.6 Å². The van der Waals surface area contributed by atoms with Crippen molar-refractivity contribution in [2.45, 2.75) is 52.1 Å². The maximum Gasteiger partial charge on any atom is 0.0520 e. The second kappa shape index (κ2) is 5.41. The molecule has 102 valence electrons. The highest BCUT2D eigenvalue weighted by Crippen LogP contribution is 2.32. The maximum absolute atomic E-state index is 6.37. The predicted molar refractivity (Wildman–Crippen MR) is 80.0 cm³/mol. The average molecular weight is 248 g/mol. The molecule has 0 heterocycles. The van der Waals surface area contributed by atoms with Gasteiger partial charge in [0.15, 0.2) is 0 Å². The lowest BCUT2D eigenvalue weighted by Crippen LogP contribution is -2.46. The van der Waals surface area contributed by atoms with Crippen molar-refractivity contribution in [2.24, 2.45) is 5.73 Å². The second-order valence-electron chi connectivity index (χ2n) is 6.46. The summed E-state index contributed by atoms with van der Waals surface area (Å²) in [7, 11) is 4.20. The van der Waals surface area contributed by atoms with Crippen molar-refractivity contribution in [2.75, 3.05) is 14.1 Å². The van der Waals surface area contributed by atoms with E-state index >= 15 is 0 Å². The normalized spacial score (nSPS) is 14.3. The molecule has 0 saturated carbocycles. The zero-order valence-electron chi connectivity index (χ0n) is 12.9. The molecule has 0 aliphatic carbocycles. The summed E-state index contributed by atoms with van der Waals surface area (Å²) in [4.78, 5) is 2.21. The topological polar surface area (TPSA) is 29.3 Å². The number of nitrogens with zero attached hydrogens (tertiary/aromatic N) is 1. The number of hydrogen-bond donors (Lipinski definition) is 1. The molecule has 2 N–H and O–H groups in total. The quantitative estimate of drug-likeness (QED) is 0.884. The molecule has 0 radical (unpaired) electrons. The van der Waals surface area contributed by atoms with Crippen molar-refractivity contribution in [3.63, 3.8) is 0 Å². The van der Waals surface area contributed by atoms with E-state index in [4.69, 9.17) is 5.73 Å². The Morgan fingerprint density at radius 1 is 1.17 bits per heavy atom. The SMILES string of the molecule is Cc1ccc(C(C)C)cc1C(N(C)C)C(C)(C)N. The lowest BCUT2D eigenvalue weighted by molar-refractivity contribution is 0.204. The molecular formula is C16H28N2. The van der Waals surface area contributed by atoms with Gasteiger partial charge in [-0.2, -0.15) is 0 Å². The van der Waals surface area contributed by atoms with Gasteiger partial charge in [-0.15, -0.1) is 0 Å². The van der Waals surface area contributed by atoms with Gasteiger partial charge in [0, 0.05) is 5.54 Å². The molecule has 2 nitrogen and oxygen atoms in total. The van der Waals surface area contributed by atoms with Gasteiger partial charge in [-0.25, -0.2) is 0 Å². The molecule has 0 fully saturated rings. The van der Waals surface area contributed by atoms with E-state index in [1.165, 1.54) is 16.7 Å². The largest absolute Gasteiger partial charge is 0.324 e. The molecule has 18 heavy (non-hydrogen) atoms. The van der Waals surface area contributed by atoms with Crippen LogP contribution in [0.5, 0.6) is 0 Å². The third kappa shape index (κ3) is 3.33. The minimum atomic E-state index is -0.260. The van der Waals surface area contributed by atoms with Gasteiger partial charge in [-0.05, 0) is 57.5 Å². The number of hydrogen-bond acceptors (Lipinski definition) is 2. The van der Waals surface area contributed by atoms with Crippen LogP contribution in [-0.2, 0) is 0 Å². The minimum absolute atomic E-state index is 0.233. The van der Waals surface area contributed by atoms with Crippen LogP contribution in [-0.4, -0.2) is 24.5 Å².